The lowest BCUT2D eigenvalue weighted by Crippen LogP contribution is -2.33. The predicted molar refractivity (Wildman–Crippen MR) is 118 cm³/mol. The molecule has 1 aromatic carbocycles. The first-order valence-corrected chi connectivity index (χ1v) is 10.9. The first-order chi connectivity index (χ1) is 15.2. The molecule has 3 aromatic rings. The minimum Gasteiger partial charge on any atom is -0.351 e. The molecule has 2 fully saturated rings. The summed E-state index contributed by atoms with van der Waals surface area (Å²) in [6.07, 6.45) is 4.37. The van der Waals surface area contributed by atoms with Crippen molar-refractivity contribution in [3.05, 3.63) is 48.0 Å². The second-order valence-corrected chi connectivity index (χ2v) is 8.26. The van der Waals surface area contributed by atoms with Crippen LogP contribution in [0.25, 0.3) is 16.9 Å². The van der Waals surface area contributed by atoms with Crippen molar-refractivity contribution >= 4 is 23.4 Å². The molecule has 160 valence electrons. The van der Waals surface area contributed by atoms with Crippen LogP contribution in [0.5, 0.6) is 0 Å². The molecule has 0 unspecified atom stereocenters. The zero-order chi connectivity index (χ0) is 21.2. The Morgan fingerprint density at radius 1 is 1.03 bits per heavy atom. The van der Waals surface area contributed by atoms with Crippen molar-refractivity contribution in [3.8, 4) is 11.3 Å². The summed E-state index contributed by atoms with van der Waals surface area (Å²) in [5.41, 5.74) is 3.06. The van der Waals surface area contributed by atoms with Crippen LogP contribution in [0, 0.1) is 5.92 Å². The Labute approximate surface area is 180 Å². The summed E-state index contributed by atoms with van der Waals surface area (Å²) in [5, 5.41) is 10.3. The summed E-state index contributed by atoms with van der Waals surface area (Å²) in [6.45, 7) is 3.82. The van der Waals surface area contributed by atoms with Gasteiger partial charge in [-0.25, -0.2) is 4.52 Å². The van der Waals surface area contributed by atoms with E-state index in [1.165, 1.54) is 12.8 Å². The molecular formula is C23H26N6O2. The van der Waals surface area contributed by atoms with Crippen LogP contribution in [-0.4, -0.2) is 57.5 Å². The van der Waals surface area contributed by atoms with Crippen LogP contribution in [0.3, 0.4) is 0 Å². The molecule has 2 aliphatic rings. The Morgan fingerprint density at radius 2 is 1.81 bits per heavy atom. The van der Waals surface area contributed by atoms with Gasteiger partial charge in [-0.3, -0.25) is 14.9 Å². The average molecular weight is 419 g/mol. The third-order valence-corrected chi connectivity index (χ3v) is 5.90. The quantitative estimate of drug-likeness (QED) is 0.615. The summed E-state index contributed by atoms with van der Waals surface area (Å²) in [6, 6.07) is 13.2. The second-order valence-electron chi connectivity index (χ2n) is 8.26. The minimum absolute atomic E-state index is 0.0162. The number of benzene rings is 1. The van der Waals surface area contributed by atoms with E-state index in [0.717, 1.165) is 43.7 Å². The van der Waals surface area contributed by atoms with Gasteiger partial charge in [0.1, 0.15) is 0 Å². The molecule has 0 atom stereocenters. The van der Waals surface area contributed by atoms with E-state index in [4.69, 9.17) is 0 Å². The average Bonchev–Trinajstić information content (AvgIpc) is 3.36. The molecule has 5 rings (SSSR count). The van der Waals surface area contributed by atoms with Crippen LogP contribution < -0.4 is 10.6 Å². The van der Waals surface area contributed by atoms with Gasteiger partial charge < -0.3 is 10.2 Å². The maximum Gasteiger partial charge on any atom is 0.251 e. The van der Waals surface area contributed by atoms with Gasteiger partial charge in [0, 0.05) is 30.1 Å². The van der Waals surface area contributed by atoms with E-state index in [-0.39, 0.29) is 17.7 Å². The molecule has 2 N–H and O–H groups in total. The van der Waals surface area contributed by atoms with Gasteiger partial charge in [0.15, 0.2) is 5.65 Å². The van der Waals surface area contributed by atoms with Crippen LogP contribution in [-0.2, 0) is 4.79 Å². The van der Waals surface area contributed by atoms with Crippen molar-refractivity contribution in [2.45, 2.75) is 25.7 Å². The highest BCUT2D eigenvalue weighted by Crippen LogP contribution is 2.30. The number of nitrogens with zero attached hydrogens (tertiary/aromatic N) is 4. The van der Waals surface area contributed by atoms with Crippen molar-refractivity contribution in [2.24, 2.45) is 5.92 Å². The Bertz CT molecular complexity index is 1100. The molecule has 31 heavy (non-hydrogen) atoms. The third kappa shape index (κ3) is 4.44. The van der Waals surface area contributed by atoms with Gasteiger partial charge in [-0.15, -0.1) is 5.10 Å². The molecule has 1 aliphatic heterocycles. The fourth-order valence-corrected chi connectivity index (χ4v) is 3.96. The fourth-order valence-electron chi connectivity index (χ4n) is 3.96. The van der Waals surface area contributed by atoms with Gasteiger partial charge in [-0.2, -0.15) is 4.98 Å². The Balaban J connectivity index is 1.27. The maximum absolute atomic E-state index is 12.4. The number of hydrogen-bond donors (Lipinski definition) is 2. The molecule has 3 heterocycles. The first kappa shape index (κ1) is 19.7. The van der Waals surface area contributed by atoms with Gasteiger partial charge in [-0.05, 0) is 63.0 Å². The van der Waals surface area contributed by atoms with E-state index in [9.17, 15) is 9.59 Å². The fraction of sp³-hybridized carbons (Fsp3) is 0.391. The summed E-state index contributed by atoms with van der Waals surface area (Å²) in [7, 11) is 0. The summed E-state index contributed by atoms with van der Waals surface area (Å²) in [5.74, 6) is 0.339. The Hall–Kier alpha value is -3.26. The predicted octanol–water partition coefficient (Wildman–Crippen LogP) is 2.57. The number of rotatable bonds is 7. The maximum atomic E-state index is 12.4. The summed E-state index contributed by atoms with van der Waals surface area (Å²) >= 11 is 0. The number of likely N-dealkylation sites (tertiary alicyclic amines) is 1. The van der Waals surface area contributed by atoms with Crippen LogP contribution in [0.1, 0.15) is 36.0 Å². The van der Waals surface area contributed by atoms with E-state index in [2.05, 4.69) is 25.6 Å². The van der Waals surface area contributed by atoms with Gasteiger partial charge in [0.25, 0.3) is 5.91 Å². The third-order valence-electron chi connectivity index (χ3n) is 5.90. The van der Waals surface area contributed by atoms with E-state index >= 15 is 0 Å². The monoisotopic (exact) mass is 418 g/mol. The molecule has 2 amide bonds. The largest absolute Gasteiger partial charge is 0.351 e. The normalized spacial score (nSPS) is 16.5. The lowest BCUT2D eigenvalue weighted by atomic mass is 10.1. The topological polar surface area (TPSA) is 91.6 Å². The zero-order valence-electron chi connectivity index (χ0n) is 17.4. The summed E-state index contributed by atoms with van der Waals surface area (Å²) in [4.78, 5) is 31.3. The van der Waals surface area contributed by atoms with Crippen molar-refractivity contribution in [1.82, 2.24) is 24.8 Å². The molecule has 8 heteroatoms. The highest BCUT2D eigenvalue weighted by atomic mass is 16.2. The zero-order valence-corrected chi connectivity index (χ0v) is 17.4. The van der Waals surface area contributed by atoms with Crippen molar-refractivity contribution in [1.29, 1.82) is 0 Å². The number of carbonyl (C=O) groups is 2. The van der Waals surface area contributed by atoms with Crippen LogP contribution in [0.4, 0.5) is 5.95 Å². The lowest BCUT2D eigenvalue weighted by Gasteiger charge is -2.14. The van der Waals surface area contributed by atoms with E-state index in [1.54, 1.807) is 4.52 Å². The molecule has 0 spiro atoms. The number of carbonyl (C=O) groups excluding carboxylic acids is 2. The number of fused-ring (bicyclic) bond motifs is 1. The minimum atomic E-state index is -0.0604. The Morgan fingerprint density at radius 3 is 2.55 bits per heavy atom. The molecule has 1 saturated heterocycles. The lowest BCUT2D eigenvalue weighted by molar-refractivity contribution is -0.117. The van der Waals surface area contributed by atoms with Gasteiger partial charge in [0.2, 0.25) is 11.9 Å². The van der Waals surface area contributed by atoms with Crippen LogP contribution in [0.2, 0.25) is 0 Å². The molecule has 1 aliphatic carbocycles. The molecule has 2 aromatic heterocycles. The van der Waals surface area contributed by atoms with Gasteiger partial charge in [0.05, 0.1) is 5.69 Å². The summed E-state index contributed by atoms with van der Waals surface area (Å²) < 4.78 is 1.72. The Kier molecular flexibility index (Phi) is 5.38. The number of aromatic nitrogens is 3. The molecule has 0 radical (unpaired) electrons. The van der Waals surface area contributed by atoms with Crippen LogP contribution >= 0.6 is 0 Å². The molecule has 8 nitrogen and oxygen atoms in total. The number of amides is 2. The number of anilines is 1. The van der Waals surface area contributed by atoms with Crippen molar-refractivity contribution < 1.29 is 9.59 Å². The van der Waals surface area contributed by atoms with E-state index in [0.29, 0.717) is 23.7 Å². The second kappa shape index (κ2) is 8.47. The standard InChI is InChI=1S/C23H26N6O2/c30-21(24-12-15-28-13-1-2-14-28)17-8-6-16(7-9-17)19-4-3-5-20-25-23(27-29(19)20)26-22(31)18-10-11-18/h3-9,18H,1-2,10-15H2,(H,24,30)(H,26,27,31). The SMILES string of the molecule is O=C(NCCN1CCCC1)c1ccc(-c2cccc3nc(NC(=O)C4CC4)nn23)cc1. The first-order valence-electron chi connectivity index (χ1n) is 10.9. The molecule has 0 bridgehead atoms. The van der Waals surface area contributed by atoms with E-state index < -0.39 is 0 Å². The van der Waals surface area contributed by atoms with Gasteiger partial charge >= 0.3 is 0 Å². The number of nitrogens with one attached hydrogen (secondary N) is 2. The number of pyridine rings is 1. The van der Waals surface area contributed by atoms with E-state index in [1.807, 2.05) is 42.5 Å². The van der Waals surface area contributed by atoms with Gasteiger partial charge in [-0.1, -0.05) is 18.2 Å². The van der Waals surface area contributed by atoms with Crippen molar-refractivity contribution in [2.75, 3.05) is 31.5 Å². The molecular weight excluding hydrogens is 392 g/mol. The number of hydrogen-bond acceptors (Lipinski definition) is 5. The van der Waals surface area contributed by atoms with Crippen molar-refractivity contribution in [3.63, 3.8) is 0 Å². The molecule has 1 saturated carbocycles. The smallest absolute Gasteiger partial charge is 0.251 e. The van der Waals surface area contributed by atoms with Crippen LogP contribution in [0.15, 0.2) is 42.5 Å². The highest BCUT2D eigenvalue weighted by molar-refractivity contribution is 5.94. The highest BCUT2D eigenvalue weighted by Gasteiger charge is 2.30.